The largest absolute Gasteiger partial charge is 0.452 e. The van der Waals surface area contributed by atoms with Crippen LogP contribution in [0.1, 0.15) is 27.4 Å². The van der Waals surface area contributed by atoms with E-state index in [0.29, 0.717) is 28.8 Å². The van der Waals surface area contributed by atoms with Gasteiger partial charge in [-0.05, 0) is 39.0 Å². The molecule has 0 bridgehead atoms. The van der Waals surface area contributed by atoms with Crippen LogP contribution in [0.15, 0.2) is 53.4 Å². The summed E-state index contributed by atoms with van der Waals surface area (Å²) in [6, 6.07) is 10.1. The number of carbonyl (C=O) groups is 2. The van der Waals surface area contributed by atoms with E-state index in [0.717, 1.165) is 17.0 Å². The Kier molecular flexibility index (Phi) is 5.75. The van der Waals surface area contributed by atoms with Crippen LogP contribution in [-0.4, -0.2) is 43.2 Å². The Morgan fingerprint density at radius 3 is 2.41 bits per heavy atom. The summed E-state index contributed by atoms with van der Waals surface area (Å²) in [6.45, 7) is 5.03. The number of hydrogen-bond donors (Lipinski definition) is 1. The maximum Gasteiger partial charge on any atom is 0.338 e. The molecule has 3 aromatic heterocycles. The van der Waals surface area contributed by atoms with Gasteiger partial charge in [0.1, 0.15) is 5.82 Å². The number of aryl methyl sites for hydroxylation is 3. The van der Waals surface area contributed by atoms with E-state index in [2.05, 4.69) is 25.4 Å². The van der Waals surface area contributed by atoms with Gasteiger partial charge in [0.05, 0.1) is 17.5 Å². The summed E-state index contributed by atoms with van der Waals surface area (Å²) in [6.07, 6.45) is 2.91. The van der Waals surface area contributed by atoms with Crippen LogP contribution in [0.2, 0.25) is 0 Å². The molecule has 0 fully saturated rings. The van der Waals surface area contributed by atoms with Crippen molar-refractivity contribution in [1.82, 2.24) is 24.7 Å². The van der Waals surface area contributed by atoms with Gasteiger partial charge in [0.2, 0.25) is 0 Å². The normalized spacial score (nSPS) is 10.7. The predicted molar refractivity (Wildman–Crippen MR) is 114 cm³/mol. The molecule has 162 valence electrons. The van der Waals surface area contributed by atoms with Gasteiger partial charge < -0.3 is 14.5 Å². The van der Waals surface area contributed by atoms with Crippen LogP contribution in [0.4, 0.5) is 5.82 Å². The summed E-state index contributed by atoms with van der Waals surface area (Å²) in [5.74, 6) is 0.178. The lowest BCUT2D eigenvalue weighted by Crippen LogP contribution is -2.22. The van der Waals surface area contributed by atoms with Gasteiger partial charge in [-0.1, -0.05) is 12.1 Å². The molecule has 0 unspecified atom stereocenters. The average molecular weight is 432 g/mol. The molecule has 4 aromatic rings. The Labute approximate surface area is 183 Å². The number of amides is 1. The van der Waals surface area contributed by atoms with Crippen molar-refractivity contribution in [3.8, 4) is 17.3 Å². The first-order valence-corrected chi connectivity index (χ1v) is 9.74. The van der Waals surface area contributed by atoms with Gasteiger partial charge in [0, 0.05) is 23.0 Å². The Hall–Kier alpha value is -4.34. The van der Waals surface area contributed by atoms with Crippen molar-refractivity contribution in [3.05, 3.63) is 71.6 Å². The van der Waals surface area contributed by atoms with Crippen molar-refractivity contribution in [2.45, 2.75) is 20.8 Å². The van der Waals surface area contributed by atoms with Gasteiger partial charge in [0.25, 0.3) is 11.9 Å². The van der Waals surface area contributed by atoms with Crippen LogP contribution in [0, 0.1) is 20.8 Å². The number of carbonyl (C=O) groups excluding carboxylic acids is 2. The lowest BCUT2D eigenvalue weighted by Gasteiger charge is -2.09. The van der Waals surface area contributed by atoms with Crippen LogP contribution in [-0.2, 0) is 9.53 Å². The molecule has 0 aliphatic rings. The van der Waals surface area contributed by atoms with Gasteiger partial charge in [-0.3, -0.25) is 4.79 Å². The maximum absolute atomic E-state index is 12.4. The lowest BCUT2D eigenvalue weighted by molar-refractivity contribution is -0.119. The lowest BCUT2D eigenvalue weighted by atomic mass is 10.1. The second-order valence-corrected chi connectivity index (χ2v) is 7.10. The van der Waals surface area contributed by atoms with E-state index in [-0.39, 0.29) is 0 Å². The van der Waals surface area contributed by atoms with Crippen molar-refractivity contribution >= 4 is 17.7 Å². The fourth-order valence-electron chi connectivity index (χ4n) is 3.07. The third-order valence-electron chi connectivity index (χ3n) is 4.43. The summed E-state index contributed by atoms with van der Waals surface area (Å²) in [7, 11) is 0. The van der Waals surface area contributed by atoms with Crippen molar-refractivity contribution in [2.24, 2.45) is 0 Å². The molecule has 0 aliphatic heterocycles. The zero-order chi connectivity index (χ0) is 22.7. The molecule has 0 saturated heterocycles. The highest BCUT2D eigenvalue weighted by Crippen LogP contribution is 2.19. The summed E-state index contributed by atoms with van der Waals surface area (Å²) in [4.78, 5) is 37.3. The SMILES string of the molecule is Cc1cc(C)nc(-n2nc(C)cc2NC(=O)COC(=O)c2ccc(-c3cnco3)cc2)n1. The van der Waals surface area contributed by atoms with Crippen LogP contribution < -0.4 is 5.32 Å². The zero-order valence-electron chi connectivity index (χ0n) is 17.7. The summed E-state index contributed by atoms with van der Waals surface area (Å²) in [5.41, 5.74) is 3.31. The highest BCUT2D eigenvalue weighted by atomic mass is 16.5. The first kappa shape index (κ1) is 20.9. The van der Waals surface area contributed by atoms with Crippen LogP contribution >= 0.6 is 0 Å². The molecule has 0 atom stereocenters. The quantitative estimate of drug-likeness (QED) is 0.461. The van der Waals surface area contributed by atoms with Gasteiger partial charge >= 0.3 is 5.97 Å². The van der Waals surface area contributed by atoms with Crippen molar-refractivity contribution < 1.29 is 18.7 Å². The van der Waals surface area contributed by atoms with Crippen molar-refractivity contribution in [3.63, 3.8) is 0 Å². The van der Waals surface area contributed by atoms with Crippen molar-refractivity contribution in [2.75, 3.05) is 11.9 Å². The zero-order valence-corrected chi connectivity index (χ0v) is 17.7. The molecular weight excluding hydrogens is 412 g/mol. The fourth-order valence-corrected chi connectivity index (χ4v) is 3.07. The maximum atomic E-state index is 12.4. The highest BCUT2D eigenvalue weighted by Gasteiger charge is 2.16. The molecule has 0 aliphatic carbocycles. The molecule has 0 saturated carbocycles. The first-order chi connectivity index (χ1) is 15.4. The smallest absolute Gasteiger partial charge is 0.338 e. The molecule has 1 aromatic carbocycles. The highest BCUT2D eigenvalue weighted by molar-refractivity contribution is 5.95. The molecule has 0 radical (unpaired) electrons. The number of ether oxygens (including phenoxy) is 1. The van der Waals surface area contributed by atoms with Gasteiger partial charge in [0.15, 0.2) is 18.8 Å². The van der Waals surface area contributed by atoms with Crippen molar-refractivity contribution in [1.29, 1.82) is 0 Å². The fraction of sp³-hybridized carbons (Fsp3) is 0.182. The minimum absolute atomic E-state index is 0.311. The molecule has 4 rings (SSSR count). The van der Waals surface area contributed by atoms with Gasteiger partial charge in [-0.2, -0.15) is 9.78 Å². The minimum atomic E-state index is -0.619. The van der Waals surface area contributed by atoms with E-state index in [4.69, 9.17) is 9.15 Å². The third kappa shape index (κ3) is 4.69. The molecule has 1 N–H and O–H groups in total. The monoisotopic (exact) mass is 432 g/mol. The number of aromatic nitrogens is 5. The first-order valence-electron chi connectivity index (χ1n) is 9.74. The molecule has 1 amide bonds. The number of nitrogens with zero attached hydrogens (tertiary/aromatic N) is 5. The Morgan fingerprint density at radius 1 is 1.03 bits per heavy atom. The standard InChI is InChI=1S/C22H20N6O4/c1-13-8-14(2)25-22(24-13)28-19(9-15(3)27-28)26-20(29)11-31-21(30)17-6-4-16(5-7-17)18-10-23-12-32-18/h4-10,12H,11H2,1-3H3,(H,26,29). The molecule has 10 heteroatoms. The van der Waals surface area contributed by atoms with Gasteiger partial charge in [-0.15, -0.1) is 0 Å². The number of rotatable bonds is 6. The summed E-state index contributed by atoms with van der Waals surface area (Å²) < 4.78 is 11.8. The van der Waals surface area contributed by atoms with E-state index in [1.54, 1.807) is 43.5 Å². The van der Waals surface area contributed by atoms with E-state index in [1.807, 2.05) is 19.9 Å². The van der Waals surface area contributed by atoms with E-state index in [9.17, 15) is 9.59 Å². The number of oxazole rings is 1. The molecule has 10 nitrogen and oxygen atoms in total. The molecule has 3 heterocycles. The van der Waals surface area contributed by atoms with Crippen LogP contribution in [0.25, 0.3) is 17.3 Å². The number of nitrogens with one attached hydrogen (secondary N) is 1. The van der Waals surface area contributed by atoms with Crippen LogP contribution in [0.5, 0.6) is 0 Å². The van der Waals surface area contributed by atoms with Crippen LogP contribution in [0.3, 0.4) is 0 Å². The molecule has 32 heavy (non-hydrogen) atoms. The second-order valence-electron chi connectivity index (χ2n) is 7.10. The Bertz CT molecular complexity index is 1240. The Balaban J connectivity index is 1.40. The summed E-state index contributed by atoms with van der Waals surface area (Å²) >= 11 is 0. The minimum Gasteiger partial charge on any atom is -0.452 e. The Morgan fingerprint density at radius 2 is 1.75 bits per heavy atom. The van der Waals surface area contributed by atoms with E-state index in [1.165, 1.54) is 11.1 Å². The third-order valence-corrected chi connectivity index (χ3v) is 4.43. The number of esters is 1. The number of anilines is 1. The number of benzene rings is 1. The van der Waals surface area contributed by atoms with Gasteiger partial charge in [-0.25, -0.2) is 19.7 Å². The topological polar surface area (TPSA) is 125 Å². The predicted octanol–water partition coefficient (Wildman–Crippen LogP) is 3.04. The molecular formula is C22H20N6O4. The number of hydrogen-bond acceptors (Lipinski definition) is 8. The van der Waals surface area contributed by atoms with E-state index >= 15 is 0 Å². The average Bonchev–Trinajstić information content (AvgIpc) is 3.41. The second kappa shape index (κ2) is 8.80. The van der Waals surface area contributed by atoms with E-state index < -0.39 is 18.5 Å². The summed E-state index contributed by atoms with van der Waals surface area (Å²) in [5, 5.41) is 7.03. The molecule has 0 spiro atoms.